The molecule has 1 heterocycles. The van der Waals surface area contributed by atoms with Crippen molar-refractivity contribution < 1.29 is 29.3 Å². The first-order valence-corrected chi connectivity index (χ1v) is 8.04. The van der Waals surface area contributed by atoms with E-state index in [1.807, 2.05) is 6.92 Å². The van der Waals surface area contributed by atoms with Gasteiger partial charge in [0.15, 0.2) is 0 Å². The van der Waals surface area contributed by atoms with Gasteiger partial charge in [0.25, 0.3) is 0 Å². The zero-order valence-corrected chi connectivity index (χ0v) is 13.6. The van der Waals surface area contributed by atoms with Crippen LogP contribution in [0.3, 0.4) is 0 Å². The summed E-state index contributed by atoms with van der Waals surface area (Å²) in [6.45, 7) is 2.03. The number of esters is 1. The number of allylic oxidation sites excluding steroid dienone is 2. The van der Waals surface area contributed by atoms with Gasteiger partial charge in [-0.2, -0.15) is 0 Å². The number of rotatable bonds is 9. The molecule has 1 aliphatic rings. The molecule has 1 fully saturated rings. The Morgan fingerprint density at radius 3 is 2.75 bits per heavy atom. The van der Waals surface area contributed by atoms with Gasteiger partial charge in [0.05, 0.1) is 18.8 Å². The van der Waals surface area contributed by atoms with Crippen molar-refractivity contribution in [3.63, 3.8) is 0 Å². The van der Waals surface area contributed by atoms with Crippen LogP contribution in [0.15, 0.2) is 24.3 Å². The number of hydrogen-bond donors (Lipinski definition) is 2. The third-order valence-electron chi connectivity index (χ3n) is 3.92. The van der Waals surface area contributed by atoms with Crippen LogP contribution in [0.25, 0.3) is 0 Å². The third-order valence-corrected chi connectivity index (χ3v) is 3.92. The molecule has 6 heteroatoms. The molecule has 0 bridgehead atoms. The average molecular weight is 334 g/mol. The predicted molar refractivity (Wildman–Crippen MR) is 87.1 cm³/mol. The quantitative estimate of drug-likeness (QED) is 0.312. The maximum absolute atomic E-state index is 12.1. The highest BCUT2D eigenvalue weighted by molar-refractivity contribution is 5.94. The standard InChI is InChI=1S/C18H22O6/c1-2-12-10-13(20)11-14(21)17(12)18(22)23-9-7-16-15(24-16)6-4-3-5-8-19/h3,5,8,10-11,15-16,20-21H,2,4,6-7,9H2,1H3/b5-3+. The molecule has 0 spiro atoms. The van der Waals surface area contributed by atoms with E-state index >= 15 is 0 Å². The summed E-state index contributed by atoms with van der Waals surface area (Å²) in [5.74, 6) is -0.964. The van der Waals surface area contributed by atoms with E-state index in [1.54, 1.807) is 6.08 Å². The van der Waals surface area contributed by atoms with Crippen LogP contribution in [-0.2, 0) is 20.7 Å². The summed E-state index contributed by atoms with van der Waals surface area (Å²) in [7, 11) is 0. The summed E-state index contributed by atoms with van der Waals surface area (Å²) in [6, 6.07) is 2.58. The van der Waals surface area contributed by atoms with Gasteiger partial charge in [0, 0.05) is 12.5 Å². The minimum absolute atomic E-state index is 0.0708. The molecular formula is C18H22O6. The molecule has 2 rings (SSSR count). The number of carbonyl (C=O) groups is 2. The maximum atomic E-state index is 12.1. The van der Waals surface area contributed by atoms with Gasteiger partial charge >= 0.3 is 5.97 Å². The second-order valence-corrected chi connectivity index (χ2v) is 5.63. The topological polar surface area (TPSA) is 96.4 Å². The third kappa shape index (κ3) is 4.83. The van der Waals surface area contributed by atoms with E-state index in [9.17, 15) is 19.8 Å². The highest BCUT2D eigenvalue weighted by atomic mass is 16.6. The number of benzene rings is 1. The highest BCUT2D eigenvalue weighted by Gasteiger charge is 2.37. The molecule has 2 atom stereocenters. The van der Waals surface area contributed by atoms with E-state index in [0.717, 1.165) is 25.2 Å². The molecule has 1 aromatic rings. The van der Waals surface area contributed by atoms with Crippen LogP contribution in [0.5, 0.6) is 11.5 Å². The lowest BCUT2D eigenvalue weighted by Gasteiger charge is -2.10. The second kappa shape index (κ2) is 8.49. The lowest BCUT2D eigenvalue weighted by molar-refractivity contribution is -0.104. The Bertz CT molecular complexity index is 622. The first kappa shape index (κ1) is 18.0. The number of aryl methyl sites for hydroxylation is 1. The largest absolute Gasteiger partial charge is 0.508 e. The zero-order valence-electron chi connectivity index (χ0n) is 13.6. The number of aromatic hydroxyl groups is 2. The first-order chi connectivity index (χ1) is 11.6. The number of aldehydes is 1. The summed E-state index contributed by atoms with van der Waals surface area (Å²) in [6.07, 6.45) is 6.93. The Morgan fingerprint density at radius 2 is 2.04 bits per heavy atom. The van der Waals surface area contributed by atoms with Crippen LogP contribution < -0.4 is 0 Å². The van der Waals surface area contributed by atoms with Crippen molar-refractivity contribution >= 4 is 12.3 Å². The van der Waals surface area contributed by atoms with Gasteiger partial charge in [-0.15, -0.1) is 0 Å². The van der Waals surface area contributed by atoms with Gasteiger partial charge in [0.1, 0.15) is 23.3 Å². The van der Waals surface area contributed by atoms with Gasteiger partial charge in [-0.25, -0.2) is 4.79 Å². The van der Waals surface area contributed by atoms with Crippen LogP contribution in [0.2, 0.25) is 0 Å². The Balaban J connectivity index is 1.77. The van der Waals surface area contributed by atoms with Crippen molar-refractivity contribution in [1.29, 1.82) is 0 Å². The fourth-order valence-corrected chi connectivity index (χ4v) is 2.62. The van der Waals surface area contributed by atoms with Crippen LogP contribution >= 0.6 is 0 Å². The first-order valence-electron chi connectivity index (χ1n) is 8.04. The fourth-order valence-electron chi connectivity index (χ4n) is 2.62. The molecular weight excluding hydrogens is 312 g/mol. The molecule has 0 radical (unpaired) electrons. The van der Waals surface area contributed by atoms with E-state index < -0.39 is 5.97 Å². The van der Waals surface area contributed by atoms with Gasteiger partial charge in [-0.1, -0.05) is 13.0 Å². The van der Waals surface area contributed by atoms with E-state index in [4.69, 9.17) is 9.47 Å². The molecule has 130 valence electrons. The number of phenols is 2. The van der Waals surface area contributed by atoms with Crippen LogP contribution in [0.4, 0.5) is 0 Å². The van der Waals surface area contributed by atoms with Gasteiger partial charge in [0.2, 0.25) is 0 Å². The molecule has 2 unspecified atom stereocenters. The van der Waals surface area contributed by atoms with E-state index in [1.165, 1.54) is 12.1 Å². The minimum atomic E-state index is -0.601. The smallest absolute Gasteiger partial charge is 0.342 e. The summed E-state index contributed by atoms with van der Waals surface area (Å²) >= 11 is 0. The van der Waals surface area contributed by atoms with Crippen molar-refractivity contribution in [2.45, 2.75) is 44.8 Å². The minimum Gasteiger partial charge on any atom is -0.508 e. The molecule has 6 nitrogen and oxygen atoms in total. The Hall–Kier alpha value is -2.34. The van der Waals surface area contributed by atoms with Crippen LogP contribution in [0, 0.1) is 0 Å². The predicted octanol–water partition coefficient (Wildman–Crippen LogP) is 2.51. The maximum Gasteiger partial charge on any atom is 0.342 e. The zero-order chi connectivity index (χ0) is 17.5. The molecule has 0 amide bonds. The van der Waals surface area contributed by atoms with Gasteiger partial charge in [-0.3, -0.25) is 4.79 Å². The number of ether oxygens (including phenoxy) is 2. The summed E-state index contributed by atoms with van der Waals surface area (Å²) in [4.78, 5) is 22.3. The van der Waals surface area contributed by atoms with Crippen LogP contribution in [-0.4, -0.2) is 41.3 Å². The number of epoxide rings is 1. The second-order valence-electron chi connectivity index (χ2n) is 5.63. The van der Waals surface area contributed by atoms with E-state index in [-0.39, 0.29) is 35.9 Å². The lowest BCUT2D eigenvalue weighted by atomic mass is 10.0. The van der Waals surface area contributed by atoms with Crippen molar-refractivity contribution in [3.05, 3.63) is 35.4 Å². The van der Waals surface area contributed by atoms with Crippen molar-refractivity contribution in [1.82, 2.24) is 0 Å². The molecule has 0 saturated carbocycles. The van der Waals surface area contributed by atoms with Crippen molar-refractivity contribution in [2.24, 2.45) is 0 Å². The monoisotopic (exact) mass is 334 g/mol. The van der Waals surface area contributed by atoms with Gasteiger partial charge < -0.3 is 19.7 Å². The Morgan fingerprint density at radius 1 is 1.29 bits per heavy atom. The Kier molecular flexibility index (Phi) is 6.37. The van der Waals surface area contributed by atoms with Crippen molar-refractivity contribution in [3.8, 4) is 11.5 Å². The number of phenolic OH excluding ortho intramolecular Hbond substituents is 2. The molecule has 1 saturated heterocycles. The average Bonchev–Trinajstić information content (AvgIpc) is 3.29. The molecule has 24 heavy (non-hydrogen) atoms. The fraction of sp³-hybridized carbons (Fsp3) is 0.444. The molecule has 0 aromatic heterocycles. The summed E-state index contributed by atoms with van der Waals surface area (Å²) in [5.41, 5.74) is 0.641. The van der Waals surface area contributed by atoms with Crippen molar-refractivity contribution in [2.75, 3.05) is 6.61 Å². The molecule has 1 aliphatic heterocycles. The lowest BCUT2D eigenvalue weighted by Crippen LogP contribution is -2.11. The molecule has 2 N–H and O–H groups in total. The SMILES string of the molecule is CCc1cc(O)cc(O)c1C(=O)OCCC1OC1CC/C=C/C=O. The summed E-state index contributed by atoms with van der Waals surface area (Å²) < 4.78 is 10.7. The van der Waals surface area contributed by atoms with Gasteiger partial charge in [-0.05, 0) is 37.0 Å². The number of carbonyl (C=O) groups excluding carboxylic acids is 2. The highest BCUT2D eigenvalue weighted by Crippen LogP contribution is 2.31. The number of hydrogen-bond acceptors (Lipinski definition) is 6. The van der Waals surface area contributed by atoms with Crippen LogP contribution in [0.1, 0.15) is 42.1 Å². The van der Waals surface area contributed by atoms with E-state index in [2.05, 4.69) is 0 Å². The molecule has 0 aliphatic carbocycles. The normalized spacial score (nSPS) is 19.4. The Labute approximate surface area is 140 Å². The van der Waals surface area contributed by atoms with E-state index in [0.29, 0.717) is 18.4 Å². The molecule has 1 aromatic carbocycles. The summed E-state index contributed by atoms with van der Waals surface area (Å²) in [5, 5.41) is 19.3.